The van der Waals surface area contributed by atoms with E-state index in [-0.39, 0.29) is 11.9 Å². The third-order valence-electron chi connectivity index (χ3n) is 5.13. The lowest BCUT2D eigenvalue weighted by Gasteiger charge is -2.25. The second kappa shape index (κ2) is 8.24. The molecule has 8 heteroatoms. The fraction of sp³-hybridized carbons (Fsp3) is 0.476. The molecule has 0 aliphatic carbocycles. The molecule has 3 heterocycles. The van der Waals surface area contributed by atoms with Gasteiger partial charge in [0.25, 0.3) is 5.91 Å². The van der Waals surface area contributed by atoms with Gasteiger partial charge >= 0.3 is 0 Å². The summed E-state index contributed by atoms with van der Waals surface area (Å²) in [5.41, 5.74) is 1.53. The second-order valence-corrected chi connectivity index (χ2v) is 7.61. The van der Waals surface area contributed by atoms with E-state index >= 15 is 0 Å². The van der Waals surface area contributed by atoms with E-state index in [1.165, 1.54) is 0 Å². The number of hydrogen-bond acceptors (Lipinski definition) is 7. The lowest BCUT2D eigenvalue weighted by molar-refractivity contribution is 0.0728. The van der Waals surface area contributed by atoms with Gasteiger partial charge in [-0.05, 0) is 45.1 Å². The van der Waals surface area contributed by atoms with Crippen LogP contribution in [0.4, 0.5) is 5.82 Å². The Hall–Kier alpha value is -2.87. The van der Waals surface area contributed by atoms with E-state index in [4.69, 9.17) is 14.5 Å². The molecule has 1 unspecified atom stereocenters. The topological polar surface area (TPSA) is 79.8 Å². The van der Waals surface area contributed by atoms with E-state index in [9.17, 15) is 4.79 Å². The average molecular weight is 397 g/mol. The van der Waals surface area contributed by atoms with Crippen LogP contribution in [-0.2, 0) is 6.54 Å². The van der Waals surface area contributed by atoms with Crippen molar-refractivity contribution in [3.8, 4) is 11.5 Å². The minimum Gasteiger partial charge on any atom is -0.486 e. The van der Waals surface area contributed by atoms with E-state index in [1.54, 1.807) is 18.2 Å². The van der Waals surface area contributed by atoms with Gasteiger partial charge in [-0.3, -0.25) is 4.79 Å². The summed E-state index contributed by atoms with van der Waals surface area (Å²) >= 11 is 0. The van der Waals surface area contributed by atoms with Gasteiger partial charge in [0.15, 0.2) is 17.3 Å². The molecule has 1 saturated heterocycles. The number of nitrogens with zero attached hydrogens (tertiary/aromatic N) is 4. The molecule has 4 rings (SSSR count). The van der Waals surface area contributed by atoms with Crippen LogP contribution in [0.2, 0.25) is 0 Å². The van der Waals surface area contributed by atoms with Crippen LogP contribution in [0.3, 0.4) is 0 Å². The van der Waals surface area contributed by atoms with Gasteiger partial charge in [0, 0.05) is 31.8 Å². The number of anilines is 1. The van der Waals surface area contributed by atoms with Crippen molar-refractivity contribution in [3.63, 3.8) is 0 Å². The normalized spacial score (nSPS) is 18.2. The van der Waals surface area contributed by atoms with Crippen molar-refractivity contribution < 1.29 is 14.3 Å². The zero-order valence-corrected chi connectivity index (χ0v) is 17.1. The Morgan fingerprint density at radius 3 is 2.76 bits per heavy atom. The summed E-state index contributed by atoms with van der Waals surface area (Å²) < 4.78 is 11.2. The van der Waals surface area contributed by atoms with Crippen LogP contribution in [0.1, 0.15) is 40.8 Å². The lowest BCUT2D eigenvalue weighted by atomic mass is 10.1. The Bertz CT molecular complexity index is 902. The van der Waals surface area contributed by atoms with Crippen LogP contribution in [0.25, 0.3) is 0 Å². The maximum atomic E-state index is 13.3. The first-order valence-electron chi connectivity index (χ1n) is 9.96. The fourth-order valence-electron chi connectivity index (χ4n) is 3.82. The molecule has 1 atom stereocenters. The van der Waals surface area contributed by atoms with Crippen molar-refractivity contribution in [2.24, 2.45) is 0 Å². The Labute approximate surface area is 170 Å². The van der Waals surface area contributed by atoms with Crippen molar-refractivity contribution in [1.29, 1.82) is 0 Å². The highest BCUT2D eigenvalue weighted by Crippen LogP contribution is 2.35. The van der Waals surface area contributed by atoms with E-state index < -0.39 is 0 Å². The zero-order valence-electron chi connectivity index (χ0n) is 17.1. The SMILES string of the molecule is CNc1cc(CN(C)C)nc(C2CCCN2C(=O)c2ccc3c(c2)OCCO3)n1. The number of nitrogens with one attached hydrogen (secondary N) is 1. The molecule has 1 aromatic carbocycles. The molecule has 1 N–H and O–H groups in total. The van der Waals surface area contributed by atoms with Crippen LogP contribution in [-0.4, -0.2) is 66.6 Å². The number of ether oxygens (including phenoxy) is 2. The number of carbonyl (C=O) groups is 1. The quantitative estimate of drug-likeness (QED) is 0.829. The van der Waals surface area contributed by atoms with Crippen LogP contribution >= 0.6 is 0 Å². The number of likely N-dealkylation sites (tertiary alicyclic amines) is 1. The number of fused-ring (bicyclic) bond motifs is 1. The Morgan fingerprint density at radius 1 is 1.21 bits per heavy atom. The summed E-state index contributed by atoms with van der Waals surface area (Å²) in [6.45, 7) is 2.43. The summed E-state index contributed by atoms with van der Waals surface area (Å²) in [5.74, 6) is 2.74. The van der Waals surface area contributed by atoms with Crippen molar-refractivity contribution >= 4 is 11.7 Å². The first kappa shape index (κ1) is 19.4. The molecule has 154 valence electrons. The Kier molecular flexibility index (Phi) is 5.53. The maximum Gasteiger partial charge on any atom is 0.254 e. The first-order valence-corrected chi connectivity index (χ1v) is 9.96. The summed E-state index contributed by atoms with van der Waals surface area (Å²) in [6, 6.07) is 7.19. The maximum absolute atomic E-state index is 13.3. The lowest BCUT2D eigenvalue weighted by Crippen LogP contribution is -2.32. The van der Waals surface area contributed by atoms with Gasteiger partial charge in [0.1, 0.15) is 19.0 Å². The van der Waals surface area contributed by atoms with E-state index in [0.717, 1.165) is 24.4 Å². The Morgan fingerprint density at radius 2 is 2.00 bits per heavy atom. The van der Waals surface area contributed by atoms with Crippen LogP contribution in [0, 0.1) is 0 Å². The minimum atomic E-state index is -0.134. The third kappa shape index (κ3) is 4.12. The highest BCUT2D eigenvalue weighted by Gasteiger charge is 2.33. The predicted octanol–water partition coefficient (Wildman–Crippen LogP) is 2.33. The number of benzene rings is 1. The number of carbonyl (C=O) groups excluding carboxylic acids is 1. The minimum absolute atomic E-state index is 0.0305. The van der Waals surface area contributed by atoms with Crippen molar-refractivity contribution in [2.45, 2.75) is 25.4 Å². The number of rotatable bonds is 5. The summed E-state index contributed by atoms with van der Waals surface area (Å²) in [7, 11) is 5.86. The average Bonchev–Trinajstić information content (AvgIpc) is 3.22. The van der Waals surface area contributed by atoms with Crippen LogP contribution < -0.4 is 14.8 Å². The van der Waals surface area contributed by atoms with E-state index in [1.807, 2.05) is 32.1 Å². The monoisotopic (exact) mass is 397 g/mol. The summed E-state index contributed by atoms with van der Waals surface area (Å²) in [4.78, 5) is 26.7. The van der Waals surface area contributed by atoms with E-state index in [0.29, 0.717) is 49.2 Å². The summed E-state index contributed by atoms with van der Waals surface area (Å²) in [6.07, 6.45) is 1.78. The van der Waals surface area contributed by atoms with Gasteiger partial charge in [-0.15, -0.1) is 0 Å². The molecule has 1 amide bonds. The molecular weight excluding hydrogens is 370 g/mol. The van der Waals surface area contributed by atoms with Gasteiger partial charge in [0.2, 0.25) is 0 Å². The largest absolute Gasteiger partial charge is 0.486 e. The molecular formula is C21H27N5O3. The van der Waals surface area contributed by atoms with Gasteiger partial charge in [0.05, 0.1) is 11.7 Å². The van der Waals surface area contributed by atoms with Crippen molar-refractivity contribution in [1.82, 2.24) is 19.8 Å². The first-order chi connectivity index (χ1) is 14.0. The molecule has 0 bridgehead atoms. The molecule has 1 aromatic heterocycles. The van der Waals surface area contributed by atoms with Gasteiger partial charge in [-0.25, -0.2) is 9.97 Å². The summed E-state index contributed by atoms with van der Waals surface area (Å²) in [5, 5.41) is 3.11. The molecule has 2 aliphatic heterocycles. The van der Waals surface area contributed by atoms with Gasteiger partial charge in [-0.1, -0.05) is 0 Å². The van der Waals surface area contributed by atoms with Crippen molar-refractivity contribution in [2.75, 3.05) is 46.2 Å². The molecule has 2 aliphatic rings. The molecule has 8 nitrogen and oxygen atoms in total. The van der Waals surface area contributed by atoms with E-state index in [2.05, 4.69) is 15.2 Å². The van der Waals surface area contributed by atoms with Gasteiger partial charge in [-0.2, -0.15) is 0 Å². The smallest absolute Gasteiger partial charge is 0.254 e. The predicted molar refractivity (Wildman–Crippen MR) is 109 cm³/mol. The molecule has 0 saturated carbocycles. The number of aromatic nitrogens is 2. The van der Waals surface area contributed by atoms with Crippen LogP contribution in [0.5, 0.6) is 11.5 Å². The highest BCUT2D eigenvalue weighted by molar-refractivity contribution is 5.95. The zero-order chi connectivity index (χ0) is 20.4. The van der Waals surface area contributed by atoms with Crippen molar-refractivity contribution in [3.05, 3.63) is 41.3 Å². The highest BCUT2D eigenvalue weighted by atomic mass is 16.6. The fourth-order valence-corrected chi connectivity index (χ4v) is 3.82. The molecule has 0 radical (unpaired) electrons. The van der Waals surface area contributed by atoms with Crippen LogP contribution in [0.15, 0.2) is 24.3 Å². The molecule has 1 fully saturated rings. The third-order valence-corrected chi connectivity index (χ3v) is 5.13. The molecule has 2 aromatic rings. The second-order valence-electron chi connectivity index (χ2n) is 7.61. The van der Waals surface area contributed by atoms with Gasteiger partial charge < -0.3 is 24.6 Å². The number of hydrogen-bond donors (Lipinski definition) is 1. The molecule has 29 heavy (non-hydrogen) atoms. The standard InChI is InChI=1S/C21H27N5O3/c1-22-19-12-15(13-25(2)3)23-20(24-19)16-5-4-8-26(16)21(27)14-6-7-17-18(11-14)29-10-9-28-17/h6-7,11-12,16H,4-5,8-10,13H2,1-3H3,(H,22,23,24). The Balaban J connectivity index is 1.61. The molecule has 0 spiro atoms. The number of amides is 1.